The van der Waals surface area contributed by atoms with E-state index in [0.29, 0.717) is 22.9 Å². The van der Waals surface area contributed by atoms with Gasteiger partial charge in [0.05, 0.1) is 12.2 Å². The number of ether oxygens (including phenoxy) is 1. The van der Waals surface area contributed by atoms with Crippen molar-refractivity contribution in [1.82, 2.24) is 4.90 Å². The van der Waals surface area contributed by atoms with Gasteiger partial charge in [-0.15, -0.1) is 11.3 Å². The van der Waals surface area contributed by atoms with E-state index < -0.39 is 0 Å². The van der Waals surface area contributed by atoms with Crippen molar-refractivity contribution in [2.45, 2.75) is 0 Å². The Bertz CT molecular complexity index is 600. The van der Waals surface area contributed by atoms with Crippen LogP contribution in [0.4, 0.5) is 10.1 Å². The van der Waals surface area contributed by atoms with Crippen LogP contribution in [0.3, 0.4) is 0 Å². The van der Waals surface area contributed by atoms with Gasteiger partial charge in [0.2, 0.25) is 0 Å². The maximum Gasteiger partial charge on any atom is 0.265 e. The van der Waals surface area contributed by atoms with Crippen molar-refractivity contribution in [2.24, 2.45) is 0 Å². The quantitative estimate of drug-likeness (QED) is 0.922. The highest BCUT2D eigenvalue weighted by molar-refractivity contribution is 7.12. The van der Waals surface area contributed by atoms with Crippen molar-refractivity contribution in [3.05, 3.63) is 46.4 Å². The van der Waals surface area contributed by atoms with Gasteiger partial charge in [0.15, 0.2) is 0 Å². The summed E-state index contributed by atoms with van der Waals surface area (Å²) in [5.74, 6) is -0.0416. The number of carbonyl (C=O) groups is 1. The van der Waals surface area contributed by atoms with Crippen LogP contribution in [-0.2, 0) is 0 Å². The number of amides is 1. The largest absolute Gasteiger partial charge is 0.492 e. The standard InChI is InChI=1S/C14H15FN2O2S/c1-17(14(18)13-12(16)5-8-20-13)6-7-19-11-4-2-3-10(15)9-11/h2-5,8-9H,6-7,16H2,1H3. The van der Waals surface area contributed by atoms with Crippen LogP contribution < -0.4 is 10.5 Å². The molecule has 0 unspecified atom stereocenters. The van der Waals surface area contributed by atoms with Gasteiger partial charge in [-0.2, -0.15) is 0 Å². The van der Waals surface area contributed by atoms with Crippen molar-refractivity contribution >= 4 is 22.9 Å². The number of anilines is 1. The lowest BCUT2D eigenvalue weighted by atomic mass is 10.3. The zero-order chi connectivity index (χ0) is 14.5. The first-order valence-electron chi connectivity index (χ1n) is 6.04. The number of halogens is 1. The first-order valence-corrected chi connectivity index (χ1v) is 6.92. The van der Waals surface area contributed by atoms with E-state index in [1.807, 2.05) is 0 Å². The molecule has 1 aromatic heterocycles. The molecule has 4 nitrogen and oxygen atoms in total. The molecule has 1 heterocycles. The average molecular weight is 294 g/mol. The van der Waals surface area contributed by atoms with Gasteiger partial charge >= 0.3 is 0 Å². The van der Waals surface area contributed by atoms with E-state index in [1.54, 1.807) is 30.6 Å². The normalized spacial score (nSPS) is 10.3. The van der Waals surface area contributed by atoms with Crippen molar-refractivity contribution in [3.63, 3.8) is 0 Å². The molecule has 2 N–H and O–H groups in total. The third kappa shape index (κ3) is 3.48. The van der Waals surface area contributed by atoms with Crippen LogP contribution in [0.5, 0.6) is 5.75 Å². The third-order valence-electron chi connectivity index (χ3n) is 2.73. The number of hydrogen-bond donors (Lipinski definition) is 1. The summed E-state index contributed by atoms with van der Waals surface area (Å²) in [5, 5.41) is 1.78. The molecule has 0 saturated heterocycles. The Morgan fingerprint density at radius 3 is 2.90 bits per heavy atom. The molecule has 20 heavy (non-hydrogen) atoms. The van der Waals surface area contributed by atoms with Gasteiger partial charge < -0.3 is 15.4 Å². The maximum atomic E-state index is 13.0. The van der Waals surface area contributed by atoms with Crippen LogP contribution in [0.1, 0.15) is 9.67 Å². The third-order valence-corrected chi connectivity index (χ3v) is 3.65. The number of thiophene rings is 1. The number of rotatable bonds is 5. The number of hydrogen-bond acceptors (Lipinski definition) is 4. The van der Waals surface area contributed by atoms with Gasteiger partial charge in [-0.3, -0.25) is 4.79 Å². The first-order chi connectivity index (χ1) is 9.58. The number of benzene rings is 1. The van der Waals surface area contributed by atoms with Gasteiger partial charge in [-0.25, -0.2) is 4.39 Å². The van der Waals surface area contributed by atoms with Crippen LogP contribution in [-0.4, -0.2) is 31.0 Å². The SMILES string of the molecule is CN(CCOc1cccc(F)c1)C(=O)c1sccc1N. The molecule has 0 bridgehead atoms. The predicted molar refractivity (Wildman–Crippen MR) is 77.6 cm³/mol. The molecule has 0 aliphatic rings. The summed E-state index contributed by atoms with van der Waals surface area (Å²) in [6.45, 7) is 0.684. The molecule has 0 aliphatic carbocycles. The minimum absolute atomic E-state index is 0.139. The second-order valence-corrected chi connectivity index (χ2v) is 5.15. The average Bonchev–Trinajstić information content (AvgIpc) is 2.84. The molecule has 0 fully saturated rings. The topological polar surface area (TPSA) is 55.6 Å². The second kappa shape index (κ2) is 6.38. The Balaban J connectivity index is 1.85. The Labute approximate surface area is 120 Å². The lowest BCUT2D eigenvalue weighted by Crippen LogP contribution is -2.30. The maximum absolute atomic E-state index is 13.0. The summed E-state index contributed by atoms with van der Waals surface area (Å²) in [6, 6.07) is 7.60. The molecule has 0 spiro atoms. The van der Waals surface area contributed by atoms with Crippen LogP contribution in [0.2, 0.25) is 0 Å². The molecule has 106 valence electrons. The van der Waals surface area contributed by atoms with Gasteiger partial charge in [0.25, 0.3) is 5.91 Å². The molecular formula is C14H15FN2O2S. The fourth-order valence-corrected chi connectivity index (χ4v) is 2.44. The molecular weight excluding hydrogens is 279 g/mol. The zero-order valence-electron chi connectivity index (χ0n) is 11.0. The minimum Gasteiger partial charge on any atom is -0.492 e. The molecule has 0 radical (unpaired) electrons. The van der Waals surface area contributed by atoms with Crippen molar-refractivity contribution in [3.8, 4) is 5.75 Å². The highest BCUT2D eigenvalue weighted by atomic mass is 32.1. The van der Waals surface area contributed by atoms with Crippen molar-refractivity contribution in [2.75, 3.05) is 25.9 Å². The van der Waals surface area contributed by atoms with E-state index in [0.717, 1.165) is 0 Å². The Morgan fingerprint density at radius 2 is 2.25 bits per heavy atom. The van der Waals surface area contributed by atoms with Crippen LogP contribution in [0.15, 0.2) is 35.7 Å². The lowest BCUT2D eigenvalue weighted by Gasteiger charge is -2.17. The molecule has 6 heteroatoms. The molecule has 1 amide bonds. The number of nitrogens with zero attached hydrogens (tertiary/aromatic N) is 1. The lowest BCUT2D eigenvalue weighted by molar-refractivity contribution is 0.0779. The predicted octanol–water partition coefficient (Wildman–Crippen LogP) is 2.62. The summed E-state index contributed by atoms with van der Waals surface area (Å²) >= 11 is 1.31. The fraction of sp³-hybridized carbons (Fsp3) is 0.214. The molecule has 1 aromatic carbocycles. The molecule has 0 saturated carbocycles. The second-order valence-electron chi connectivity index (χ2n) is 4.24. The van der Waals surface area contributed by atoms with Crippen LogP contribution in [0.25, 0.3) is 0 Å². The van der Waals surface area contributed by atoms with E-state index >= 15 is 0 Å². The van der Waals surface area contributed by atoms with E-state index in [4.69, 9.17) is 10.5 Å². The van der Waals surface area contributed by atoms with Gasteiger partial charge in [0.1, 0.15) is 23.1 Å². The number of likely N-dealkylation sites (N-methyl/N-ethyl adjacent to an activating group) is 1. The Kier molecular flexibility index (Phi) is 4.57. The molecule has 0 atom stereocenters. The smallest absolute Gasteiger partial charge is 0.265 e. The van der Waals surface area contributed by atoms with Crippen LogP contribution in [0, 0.1) is 5.82 Å². The van der Waals surface area contributed by atoms with Crippen molar-refractivity contribution in [1.29, 1.82) is 0 Å². The monoisotopic (exact) mass is 294 g/mol. The van der Waals surface area contributed by atoms with E-state index in [2.05, 4.69) is 0 Å². The summed E-state index contributed by atoms with van der Waals surface area (Å²) in [4.78, 5) is 14.1. The Morgan fingerprint density at radius 1 is 1.45 bits per heavy atom. The van der Waals surface area contributed by atoms with Gasteiger partial charge in [0, 0.05) is 13.1 Å². The summed E-state index contributed by atoms with van der Waals surface area (Å²) in [6.07, 6.45) is 0. The Hall–Kier alpha value is -2.08. The summed E-state index contributed by atoms with van der Waals surface area (Å²) in [5.41, 5.74) is 6.19. The minimum atomic E-state index is -0.349. The molecule has 0 aliphatic heterocycles. The number of carbonyl (C=O) groups excluding carboxylic acids is 1. The van der Waals surface area contributed by atoms with Gasteiger partial charge in [-0.05, 0) is 23.6 Å². The summed E-state index contributed by atoms with van der Waals surface area (Å²) in [7, 11) is 1.68. The highest BCUT2D eigenvalue weighted by Gasteiger charge is 2.15. The van der Waals surface area contributed by atoms with Gasteiger partial charge in [-0.1, -0.05) is 6.07 Å². The molecule has 2 aromatic rings. The summed E-state index contributed by atoms with van der Waals surface area (Å²) < 4.78 is 18.3. The van der Waals surface area contributed by atoms with E-state index in [1.165, 1.54) is 28.4 Å². The zero-order valence-corrected chi connectivity index (χ0v) is 11.8. The fourth-order valence-electron chi connectivity index (χ4n) is 1.63. The molecule has 2 rings (SSSR count). The van der Waals surface area contributed by atoms with Crippen molar-refractivity contribution < 1.29 is 13.9 Å². The first kappa shape index (κ1) is 14.3. The van der Waals surface area contributed by atoms with E-state index in [-0.39, 0.29) is 18.3 Å². The van der Waals surface area contributed by atoms with Crippen LogP contribution >= 0.6 is 11.3 Å². The number of nitrogen functional groups attached to an aromatic ring is 1. The number of nitrogens with two attached hydrogens (primary N) is 1. The van der Waals surface area contributed by atoms with E-state index in [9.17, 15) is 9.18 Å². The highest BCUT2D eigenvalue weighted by Crippen LogP contribution is 2.20.